The Kier molecular flexibility index (Phi) is 4.20. The minimum atomic E-state index is -1.08. The van der Waals surface area contributed by atoms with E-state index in [2.05, 4.69) is 0 Å². The van der Waals surface area contributed by atoms with Gasteiger partial charge in [-0.05, 0) is 13.3 Å². The molecule has 1 amide bonds. The van der Waals surface area contributed by atoms with Gasteiger partial charge < -0.3 is 15.1 Å². The molecule has 1 unspecified atom stereocenters. The van der Waals surface area contributed by atoms with Crippen LogP contribution in [0.15, 0.2) is 0 Å². The van der Waals surface area contributed by atoms with E-state index in [1.54, 1.807) is 14.0 Å². The van der Waals surface area contributed by atoms with Crippen LogP contribution < -0.4 is 0 Å². The number of carbonyl (C=O) groups is 1. The normalized spacial score (nSPS) is 15.4. The van der Waals surface area contributed by atoms with E-state index in [0.717, 1.165) is 0 Å². The van der Waals surface area contributed by atoms with Crippen molar-refractivity contribution in [3.63, 3.8) is 0 Å². The van der Waals surface area contributed by atoms with Gasteiger partial charge in [0, 0.05) is 20.5 Å². The van der Waals surface area contributed by atoms with Crippen LogP contribution in [-0.2, 0) is 4.79 Å². The summed E-state index contributed by atoms with van der Waals surface area (Å²) >= 11 is 0. The Bertz CT molecular complexity index is 156. The molecule has 0 aromatic heterocycles. The second-order valence-electron chi connectivity index (χ2n) is 3.35. The number of nitrogens with zero attached hydrogens (tertiary/aromatic N) is 1. The average Bonchev–Trinajstić information content (AvgIpc) is 2.00. The lowest BCUT2D eigenvalue weighted by Crippen LogP contribution is -2.35. The predicted octanol–water partition coefficient (Wildman–Crippen LogP) is -0.402. The number of amides is 1. The molecule has 4 nitrogen and oxygen atoms in total. The Labute approximate surface area is 72.8 Å². The van der Waals surface area contributed by atoms with Crippen LogP contribution in [0.4, 0.5) is 0 Å². The molecule has 2 N–H and O–H groups in total. The highest BCUT2D eigenvalue weighted by Gasteiger charge is 2.19. The standard InChI is InChI=1S/C8H17NO3/c1-7(11)9(3)5-4-8(2,12)6-10/h10,12H,4-6H2,1-3H3. The first-order valence-corrected chi connectivity index (χ1v) is 3.94. The molecule has 0 rings (SSSR count). The van der Waals surface area contributed by atoms with Gasteiger partial charge in [0.05, 0.1) is 12.2 Å². The van der Waals surface area contributed by atoms with E-state index in [-0.39, 0.29) is 12.5 Å². The highest BCUT2D eigenvalue weighted by Crippen LogP contribution is 2.07. The number of aliphatic hydroxyl groups is 2. The number of hydrogen-bond acceptors (Lipinski definition) is 3. The second kappa shape index (κ2) is 4.42. The highest BCUT2D eigenvalue weighted by molar-refractivity contribution is 5.72. The minimum absolute atomic E-state index is 0.0382. The minimum Gasteiger partial charge on any atom is -0.393 e. The first-order valence-electron chi connectivity index (χ1n) is 3.94. The summed E-state index contributed by atoms with van der Waals surface area (Å²) in [5.41, 5.74) is -1.08. The lowest BCUT2D eigenvalue weighted by atomic mass is 10.0. The molecule has 0 bridgehead atoms. The average molecular weight is 175 g/mol. The van der Waals surface area contributed by atoms with Crippen LogP contribution in [0.1, 0.15) is 20.3 Å². The first-order chi connectivity index (χ1) is 5.39. The van der Waals surface area contributed by atoms with Gasteiger partial charge in [0.15, 0.2) is 0 Å². The van der Waals surface area contributed by atoms with Gasteiger partial charge in [-0.15, -0.1) is 0 Å². The zero-order valence-corrected chi connectivity index (χ0v) is 7.87. The van der Waals surface area contributed by atoms with Gasteiger partial charge in [-0.3, -0.25) is 4.79 Å². The number of hydrogen-bond donors (Lipinski definition) is 2. The summed E-state index contributed by atoms with van der Waals surface area (Å²) in [5, 5.41) is 18.1. The molecule has 0 radical (unpaired) electrons. The SMILES string of the molecule is CC(=O)N(C)CCC(C)(O)CO. The van der Waals surface area contributed by atoms with Crippen molar-refractivity contribution >= 4 is 5.91 Å². The summed E-state index contributed by atoms with van der Waals surface area (Å²) in [6.45, 7) is 3.19. The third kappa shape index (κ3) is 4.31. The Balaban J connectivity index is 3.75. The van der Waals surface area contributed by atoms with Crippen LogP contribution in [-0.4, -0.2) is 46.8 Å². The third-order valence-electron chi connectivity index (χ3n) is 1.86. The topological polar surface area (TPSA) is 60.8 Å². The van der Waals surface area contributed by atoms with Gasteiger partial charge in [0.25, 0.3) is 0 Å². The molecule has 1 atom stereocenters. The van der Waals surface area contributed by atoms with E-state index in [9.17, 15) is 9.90 Å². The van der Waals surface area contributed by atoms with Gasteiger partial charge in [-0.1, -0.05) is 0 Å². The quantitative estimate of drug-likeness (QED) is 0.611. The fourth-order valence-electron chi connectivity index (χ4n) is 0.645. The maximum Gasteiger partial charge on any atom is 0.219 e. The molecule has 0 fully saturated rings. The second-order valence-corrected chi connectivity index (χ2v) is 3.35. The number of carbonyl (C=O) groups excluding carboxylic acids is 1. The first kappa shape index (κ1) is 11.4. The van der Waals surface area contributed by atoms with Crippen molar-refractivity contribution in [3.8, 4) is 0 Å². The summed E-state index contributed by atoms with van der Waals surface area (Å²) in [6, 6.07) is 0. The zero-order valence-electron chi connectivity index (χ0n) is 7.87. The molecule has 0 saturated carbocycles. The molecule has 0 aliphatic rings. The molecule has 0 aromatic carbocycles. The van der Waals surface area contributed by atoms with Crippen LogP contribution in [0.5, 0.6) is 0 Å². The van der Waals surface area contributed by atoms with Crippen molar-refractivity contribution in [3.05, 3.63) is 0 Å². The third-order valence-corrected chi connectivity index (χ3v) is 1.86. The Hall–Kier alpha value is -0.610. The van der Waals surface area contributed by atoms with Crippen molar-refractivity contribution in [2.75, 3.05) is 20.2 Å². The summed E-state index contributed by atoms with van der Waals surface area (Å²) in [7, 11) is 1.66. The van der Waals surface area contributed by atoms with Gasteiger partial charge in [0.2, 0.25) is 5.91 Å². The van der Waals surface area contributed by atoms with Crippen LogP contribution >= 0.6 is 0 Å². The summed E-state index contributed by atoms with van der Waals surface area (Å²) in [5.74, 6) is -0.0382. The maximum absolute atomic E-state index is 10.7. The monoisotopic (exact) mass is 175 g/mol. The van der Waals surface area contributed by atoms with E-state index >= 15 is 0 Å². The van der Waals surface area contributed by atoms with Crippen molar-refractivity contribution < 1.29 is 15.0 Å². The van der Waals surface area contributed by atoms with Crippen molar-refractivity contribution in [1.29, 1.82) is 0 Å². The lowest BCUT2D eigenvalue weighted by Gasteiger charge is -2.23. The molecule has 0 saturated heterocycles. The summed E-state index contributed by atoms with van der Waals surface area (Å²) in [4.78, 5) is 12.2. The van der Waals surface area contributed by atoms with Gasteiger partial charge in [-0.2, -0.15) is 0 Å². The number of rotatable bonds is 4. The maximum atomic E-state index is 10.7. The fraction of sp³-hybridized carbons (Fsp3) is 0.875. The largest absolute Gasteiger partial charge is 0.393 e. The molecule has 0 heterocycles. The molecular formula is C8H17NO3. The molecule has 72 valence electrons. The van der Waals surface area contributed by atoms with E-state index in [0.29, 0.717) is 13.0 Å². The van der Waals surface area contributed by atoms with Crippen LogP contribution in [0.2, 0.25) is 0 Å². The predicted molar refractivity (Wildman–Crippen MR) is 45.6 cm³/mol. The van der Waals surface area contributed by atoms with Crippen molar-refractivity contribution in [2.24, 2.45) is 0 Å². The summed E-state index contributed by atoms with van der Waals surface area (Å²) < 4.78 is 0. The van der Waals surface area contributed by atoms with Crippen LogP contribution in [0.3, 0.4) is 0 Å². The van der Waals surface area contributed by atoms with E-state index in [1.807, 2.05) is 0 Å². The fourth-order valence-corrected chi connectivity index (χ4v) is 0.645. The molecule has 4 heteroatoms. The molecule has 0 aromatic rings. The Morgan fingerprint density at radius 1 is 1.58 bits per heavy atom. The van der Waals surface area contributed by atoms with E-state index in [1.165, 1.54) is 11.8 Å². The van der Waals surface area contributed by atoms with Crippen LogP contribution in [0.25, 0.3) is 0 Å². The van der Waals surface area contributed by atoms with Crippen molar-refractivity contribution in [2.45, 2.75) is 25.9 Å². The lowest BCUT2D eigenvalue weighted by molar-refractivity contribution is -0.128. The zero-order chi connectivity index (χ0) is 9.78. The molecule has 0 aliphatic heterocycles. The molecule has 0 spiro atoms. The molecule has 0 aliphatic carbocycles. The van der Waals surface area contributed by atoms with Gasteiger partial charge >= 0.3 is 0 Å². The molecule has 12 heavy (non-hydrogen) atoms. The smallest absolute Gasteiger partial charge is 0.219 e. The Morgan fingerprint density at radius 2 is 2.08 bits per heavy atom. The van der Waals surface area contributed by atoms with Crippen molar-refractivity contribution in [1.82, 2.24) is 4.90 Å². The van der Waals surface area contributed by atoms with E-state index < -0.39 is 5.60 Å². The van der Waals surface area contributed by atoms with Crippen LogP contribution in [0, 0.1) is 0 Å². The summed E-state index contributed by atoms with van der Waals surface area (Å²) in [6.07, 6.45) is 0.388. The highest BCUT2D eigenvalue weighted by atomic mass is 16.3. The van der Waals surface area contributed by atoms with E-state index in [4.69, 9.17) is 5.11 Å². The Morgan fingerprint density at radius 3 is 2.42 bits per heavy atom. The van der Waals surface area contributed by atoms with Gasteiger partial charge in [0.1, 0.15) is 0 Å². The number of aliphatic hydroxyl groups excluding tert-OH is 1. The molecular weight excluding hydrogens is 158 g/mol. The van der Waals surface area contributed by atoms with Gasteiger partial charge in [-0.25, -0.2) is 0 Å².